The summed E-state index contributed by atoms with van der Waals surface area (Å²) in [5.74, 6) is 0.481. The van der Waals surface area contributed by atoms with Gasteiger partial charge in [-0.25, -0.2) is 9.97 Å². The third kappa shape index (κ3) is 3.97. The minimum atomic E-state index is -0.476. The molecular weight excluding hydrogens is 292 g/mol. The molecule has 116 valence electrons. The van der Waals surface area contributed by atoms with Crippen LogP contribution in [0.3, 0.4) is 0 Å². The minimum absolute atomic E-state index is 0.176. The highest BCUT2D eigenvalue weighted by molar-refractivity contribution is 6.35. The van der Waals surface area contributed by atoms with Crippen LogP contribution >= 0.6 is 11.6 Å². The first-order valence-electron chi connectivity index (χ1n) is 7.01. The van der Waals surface area contributed by atoms with Gasteiger partial charge in [0.15, 0.2) is 5.82 Å². The number of esters is 1. The molecule has 6 nitrogen and oxygen atoms in total. The first-order valence-corrected chi connectivity index (χ1v) is 7.39. The monoisotopic (exact) mass is 312 g/mol. The zero-order valence-electron chi connectivity index (χ0n) is 12.6. The van der Waals surface area contributed by atoms with Gasteiger partial charge in [0, 0.05) is 13.1 Å². The molecule has 2 N–H and O–H groups in total. The summed E-state index contributed by atoms with van der Waals surface area (Å²) in [4.78, 5) is 22.2. The number of nitrogens with two attached hydrogens (primary N) is 1. The van der Waals surface area contributed by atoms with E-state index in [9.17, 15) is 4.79 Å². The lowest BCUT2D eigenvalue weighted by molar-refractivity contribution is -0.160. The van der Waals surface area contributed by atoms with Gasteiger partial charge in [-0.3, -0.25) is 4.79 Å². The Labute approximate surface area is 129 Å². The Morgan fingerprint density at radius 1 is 1.48 bits per heavy atom. The zero-order chi connectivity index (χ0) is 15.6. The van der Waals surface area contributed by atoms with E-state index in [-0.39, 0.29) is 17.7 Å². The average Bonchev–Trinajstić information content (AvgIpc) is 2.40. The van der Waals surface area contributed by atoms with Gasteiger partial charge in [0.2, 0.25) is 0 Å². The van der Waals surface area contributed by atoms with Crippen molar-refractivity contribution in [1.29, 1.82) is 0 Å². The van der Waals surface area contributed by atoms with Crippen LogP contribution in [0.1, 0.15) is 33.6 Å². The van der Waals surface area contributed by atoms with Crippen LogP contribution in [0, 0.1) is 5.92 Å². The standard InChI is InChI=1S/C14H21ClN4O2/c1-14(2,3)21-13(20)9-5-4-6-19(7-9)12-10(15)11(16)17-8-18-12/h8-9H,4-7H2,1-3H3,(H2,16,17,18)/t9-/m1/s1. The van der Waals surface area contributed by atoms with Gasteiger partial charge in [0.1, 0.15) is 22.8 Å². The minimum Gasteiger partial charge on any atom is -0.460 e. The molecule has 1 aliphatic rings. The van der Waals surface area contributed by atoms with E-state index in [1.807, 2.05) is 25.7 Å². The molecule has 1 atom stereocenters. The van der Waals surface area contributed by atoms with E-state index < -0.39 is 5.60 Å². The van der Waals surface area contributed by atoms with E-state index in [0.29, 0.717) is 17.4 Å². The molecule has 0 unspecified atom stereocenters. The van der Waals surface area contributed by atoms with Gasteiger partial charge in [-0.1, -0.05) is 11.6 Å². The molecule has 0 saturated carbocycles. The van der Waals surface area contributed by atoms with Crippen molar-refractivity contribution in [2.24, 2.45) is 5.92 Å². The molecule has 1 aromatic rings. The van der Waals surface area contributed by atoms with Crippen molar-refractivity contribution in [3.63, 3.8) is 0 Å². The van der Waals surface area contributed by atoms with Crippen LogP contribution in [0.2, 0.25) is 5.02 Å². The fourth-order valence-corrected chi connectivity index (χ4v) is 2.56. The van der Waals surface area contributed by atoms with Crippen LogP contribution in [0.5, 0.6) is 0 Å². The van der Waals surface area contributed by atoms with Crippen LogP contribution in [0.4, 0.5) is 11.6 Å². The van der Waals surface area contributed by atoms with Crippen molar-refractivity contribution < 1.29 is 9.53 Å². The van der Waals surface area contributed by atoms with E-state index in [1.54, 1.807) is 0 Å². The van der Waals surface area contributed by atoms with Gasteiger partial charge in [-0.2, -0.15) is 0 Å². The van der Waals surface area contributed by atoms with Crippen molar-refractivity contribution in [2.75, 3.05) is 23.7 Å². The van der Waals surface area contributed by atoms with E-state index in [4.69, 9.17) is 22.1 Å². The molecule has 0 spiro atoms. The quantitative estimate of drug-likeness (QED) is 0.844. The Kier molecular flexibility index (Phi) is 4.56. The molecule has 1 saturated heterocycles. The Morgan fingerprint density at radius 2 is 2.19 bits per heavy atom. The summed E-state index contributed by atoms with van der Waals surface area (Å²) in [5.41, 5.74) is 5.23. The highest BCUT2D eigenvalue weighted by Gasteiger charge is 2.31. The average molecular weight is 313 g/mol. The number of halogens is 1. The maximum absolute atomic E-state index is 12.2. The number of hydrogen-bond donors (Lipinski definition) is 1. The van der Waals surface area contributed by atoms with Crippen LogP contribution in [-0.4, -0.2) is 34.6 Å². The lowest BCUT2D eigenvalue weighted by Crippen LogP contribution is -2.41. The second-order valence-electron chi connectivity index (χ2n) is 6.22. The topological polar surface area (TPSA) is 81.3 Å². The third-order valence-electron chi connectivity index (χ3n) is 3.26. The van der Waals surface area contributed by atoms with E-state index >= 15 is 0 Å². The molecule has 0 bridgehead atoms. The predicted octanol–water partition coefficient (Wildman–Crippen LogP) is 2.27. The number of nitrogens with zero attached hydrogens (tertiary/aromatic N) is 3. The summed E-state index contributed by atoms with van der Waals surface area (Å²) in [6.45, 7) is 6.93. The number of aromatic nitrogens is 2. The van der Waals surface area contributed by atoms with Crippen molar-refractivity contribution in [3.8, 4) is 0 Å². The fraction of sp³-hybridized carbons (Fsp3) is 0.643. The maximum Gasteiger partial charge on any atom is 0.311 e. The molecule has 21 heavy (non-hydrogen) atoms. The maximum atomic E-state index is 12.2. The Bertz CT molecular complexity index is 530. The number of nitrogen functional groups attached to an aromatic ring is 1. The van der Waals surface area contributed by atoms with E-state index in [2.05, 4.69) is 9.97 Å². The highest BCUT2D eigenvalue weighted by atomic mass is 35.5. The van der Waals surface area contributed by atoms with Crippen molar-refractivity contribution in [3.05, 3.63) is 11.3 Å². The first-order chi connectivity index (χ1) is 9.78. The van der Waals surface area contributed by atoms with Gasteiger partial charge in [-0.05, 0) is 33.6 Å². The third-order valence-corrected chi connectivity index (χ3v) is 3.62. The van der Waals surface area contributed by atoms with Gasteiger partial charge in [0.05, 0.1) is 5.92 Å². The fourth-order valence-electron chi connectivity index (χ4n) is 2.34. The van der Waals surface area contributed by atoms with Gasteiger partial charge in [0.25, 0.3) is 0 Å². The van der Waals surface area contributed by atoms with E-state index in [0.717, 1.165) is 19.4 Å². The smallest absolute Gasteiger partial charge is 0.311 e. The molecule has 0 radical (unpaired) electrons. The molecular formula is C14H21ClN4O2. The molecule has 7 heteroatoms. The normalized spacial score (nSPS) is 19.4. The largest absolute Gasteiger partial charge is 0.460 e. The van der Waals surface area contributed by atoms with Crippen LogP contribution in [0.15, 0.2) is 6.33 Å². The summed E-state index contributed by atoms with van der Waals surface area (Å²) < 4.78 is 5.46. The summed E-state index contributed by atoms with van der Waals surface area (Å²) in [7, 11) is 0. The Morgan fingerprint density at radius 3 is 2.86 bits per heavy atom. The molecule has 1 aliphatic heterocycles. The molecule has 0 aliphatic carbocycles. The number of hydrogen-bond acceptors (Lipinski definition) is 6. The Balaban J connectivity index is 2.10. The first kappa shape index (κ1) is 15.8. The SMILES string of the molecule is CC(C)(C)OC(=O)[C@@H]1CCCN(c2ncnc(N)c2Cl)C1. The molecule has 2 heterocycles. The summed E-state index contributed by atoms with van der Waals surface area (Å²) in [5, 5.41) is 0.335. The van der Waals surface area contributed by atoms with Crippen molar-refractivity contribution in [1.82, 2.24) is 9.97 Å². The number of anilines is 2. The lowest BCUT2D eigenvalue weighted by Gasteiger charge is -2.34. The summed E-state index contributed by atoms with van der Waals surface area (Å²) >= 11 is 6.15. The number of ether oxygens (including phenoxy) is 1. The lowest BCUT2D eigenvalue weighted by atomic mass is 9.98. The highest BCUT2D eigenvalue weighted by Crippen LogP contribution is 2.31. The summed E-state index contributed by atoms with van der Waals surface area (Å²) in [6, 6.07) is 0. The molecule has 1 aromatic heterocycles. The van der Waals surface area contributed by atoms with Gasteiger partial charge in [-0.15, -0.1) is 0 Å². The number of piperidine rings is 1. The number of carbonyl (C=O) groups excluding carboxylic acids is 1. The van der Waals surface area contributed by atoms with Crippen LogP contribution < -0.4 is 10.6 Å². The predicted molar refractivity (Wildman–Crippen MR) is 82.2 cm³/mol. The van der Waals surface area contributed by atoms with Gasteiger partial charge >= 0.3 is 5.97 Å². The number of rotatable bonds is 2. The summed E-state index contributed by atoms with van der Waals surface area (Å²) in [6.07, 6.45) is 3.07. The molecule has 0 aromatic carbocycles. The zero-order valence-corrected chi connectivity index (χ0v) is 13.4. The molecule has 1 fully saturated rings. The molecule has 2 rings (SSSR count). The van der Waals surface area contributed by atoms with Crippen LogP contribution in [-0.2, 0) is 9.53 Å². The van der Waals surface area contributed by atoms with Gasteiger partial charge < -0.3 is 15.4 Å². The van der Waals surface area contributed by atoms with Crippen molar-refractivity contribution in [2.45, 2.75) is 39.2 Å². The Hall–Kier alpha value is -1.56. The second kappa shape index (κ2) is 6.05. The number of carbonyl (C=O) groups is 1. The van der Waals surface area contributed by atoms with Crippen molar-refractivity contribution >= 4 is 29.2 Å². The second-order valence-corrected chi connectivity index (χ2v) is 6.59. The van der Waals surface area contributed by atoms with Crippen LogP contribution in [0.25, 0.3) is 0 Å². The molecule has 0 amide bonds. The van der Waals surface area contributed by atoms with E-state index in [1.165, 1.54) is 6.33 Å².